The molecule has 1 aromatic carbocycles. The summed E-state index contributed by atoms with van der Waals surface area (Å²) in [7, 11) is 3.58. The van der Waals surface area contributed by atoms with E-state index in [0.29, 0.717) is 0 Å². The van der Waals surface area contributed by atoms with E-state index in [0.717, 1.165) is 24.3 Å². The molecule has 1 aliphatic rings. The summed E-state index contributed by atoms with van der Waals surface area (Å²) < 4.78 is 5.35. The lowest BCUT2D eigenvalue weighted by Gasteiger charge is -2.36. The molecule has 0 saturated heterocycles. The molecule has 92 valence electrons. The predicted molar refractivity (Wildman–Crippen MR) is 65.8 cm³/mol. The largest absolute Gasteiger partial charge is 0.495 e. The molecule has 0 spiro atoms. The number of methoxy groups -OCH3 is 1. The highest BCUT2D eigenvalue weighted by Crippen LogP contribution is 2.38. The number of hydrogen-bond donors (Lipinski definition) is 1. The van der Waals surface area contributed by atoms with Gasteiger partial charge in [-0.2, -0.15) is 0 Å². The van der Waals surface area contributed by atoms with Gasteiger partial charge in [0.25, 0.3) is 0 Å². The molecule has 4 nitrogen and oxygen atoms in total. The molecule has 1 aliphatic heterocycles. The molecule has 0 saturated carbocycles. The van der Waals surface area contributed by atoms with Crippen LogP contribution in [-0.2, 0) is 11.2 Å². The quantitative estimate of drug-likeness (QED) is 0.869. The third kappa shape index (κ3) is 2.20. The Bertz CT molecular complexity index is 416. The first-order valence-electron chi connectivity index (χ1n) is 5.74. The Morgan fingerprint density at radius 3 is 3.00 bits per heavy atom. The van der Waals surface area contributed by atoms with Gasteiger partial charge in [-0.1, -0.05) is 12.1 Å². The Morgan fingerprint density at radius 2 is 2.35 bits per heavy atom. The molecule has 17 heavy (non-hydrogen) atoms. The molecule has 0 aromatic heterocycles. The van der Waals surface area contributed by atoms with Crippen LogP contribution < -0.4 is 9.64 Å². The topological polar surface area (TPSA) is 49.8 Å². The normalized spacial score (nSPS) is 18.7. The summed E-state index contributed by atoms with van der Waals surface area (Å²) in [6.07, 6.45) is 1.96. The zero-order chi connectivity index (χ0) is 12.4. The Balaban J connectivity index is 2.33. The van der Waals surface area contributed by atoms with E-state index >= 15 is 0 Å². The van der Waals surface area contributed by atoms with E-state index in [1.807, 2.05) is 24.1 Å². The van der Waals surface area contributed by atoms with Crippen molar-refractivity contribution in [3.63, 3.8) is 0 Å². The van der Waals surface area contributed by atoms with Crippen molar-refractivity contribution in [1.82, 2.24) is 0 Å². The molecular formula is C13H17NO3. The van der Waals surface area contributed by atoms with Crippen molar-refractivity contribution in [2.45, 2.75) is 25.3 Å². The molecule has 1 N–H and O–H groups in total. The number of rotatable bonds is 3. The lowest BCUT2D eigenvalue weighted by Crippen LogP contribution is -2.37. The van der Waals surface area contributed by atoms with Gasteiger partial charge in [0.15, 0.2) is 0 Å². The number of aryl methyl sites for hydroxylation is 1. The van der Waals surface area contributed by atoms with Crippen molar-refractivity contribution in [2.75, 3.05) is 19.1 Å². The molecule has 1 heterocycles. The van der Waals surface area contributed by atoms with E-state index < -0.39 is 5.97 Å². The van der Waals surface area contributed by atoms with Crippen LogP contribution in [0.15, 0.2) is 18.2 Å². The van der Waals surface area contributed by atoms with Crippen LogP contribution in [0.5, 0.6) is 5.75 Å². The van der Waals surface area contributed by atoms with Crippen molar-refractivity contribution >= 4 is 11.7 Å². The number of ether oxygens (including phenoxy) is 1. The van der Waals surface area contributed by atoms with Gasteiger partial charge in [-0.3, -0.25) is 4.79 Å². The van der Waals surface area contributed by atoms with Gasteiger partial charge >= 0.3 is 5.97 Å². The van der Waals surface area contributed by atoms with Gasteiger partial charge < -0.3 is 14.7 Å². The number of para-hydroxylation sites is 1. The summed E-state index contributed by atoms with van der Waals surface area (Å²) in [6, 6.07) is 6.02. The maximum absolute atomic E-state index is 10.8. The second kappa shape index (κ2) is 4.65. The molecule has 0 fully saturated rings. The van der Waals surface area contributed by atoms with Crippen LogP contribution in [0.25, 0.3) is 0 Å². The molecule has 1 unspecified atom stereocenters. The van der Waals surface area contributed by atoms with E-state index in [1.165, 1.54) is 5.56 Å². The fraction of sp³-hybridized carbons (Fsp3) is 0.462. The fourth-order valence-corrected chi connectivity index (χ4v) is 2.47. The van der Waals surface area contributed by atoms with Gasteiger partial charge in [0, 0.05) is 13.1 Å². The van der Waals surface area contributed by atoms with E-state index in [4.69, 9.17) is 9.84 Å². The molecule has 1 atom stereocenters. The third-order valence-electron chi connectivity index (χ3n) is 3.36. The molecule has 0 amide bonds. The smallest absolute Gasteiger partial charge is 0.305 e. The predicted octanol–water partition coefficient (Wildman–Crippen LogP) is 1.92. The maximum Gasteiger partial charge on any atom is 0.305 e. The van der Waals surface area contributed by atoms with Gasteiger partial charge in [-0.05, 0) is 24.5 Å². The summed E-state index contributed by atoms with van der Waals surface area (Å²) in [6.45, 7) is 0. The van der Waals surface area contributed by atoms with E-state index in [-0.39, 0.29) is 12.5 Å². The lowest BCUT2D eigenvalue weighted by molar-refractivity contribution is -0.137. The first kappa shape index (κ1) is 11.8. The zero-order valence-electron chi connectivity index (χ0n) is 10.1. The number of anilines is 1. The summed E-state index contributed by atoms with van der Waals surface area (Å²) in [5.41, 5.74) is 2.26. The highest BCUT2D eigenvalue weighted by Gasteiger charge is 2.27. The number of benzene rings is 1. The average Bonchev–Trinajstić information content (AvgIpc) is 2.31. The monoisotopic (exact) mass is 235 g/mol. The second-order valence-electron chi connectivity index (χ2n) is 4.37. The van der Waals surface area contributed by atoms with E-state index in [9.17, 15) is 4.79 Å². The first-order valence-corrected chi connectivity index (χ1v) is 5.74. The lowest BCUT2D eigenvalue weighted by atomic mass is 9.94. The Kier molecular flexibility index (Phi) is 3.22. The average molecular weight is 235 g/mol. The summed E-state index contributed by atoms with van der Waals surface area (Å²) in [5, 5.41) is 8.90. The number of carboxylic acid groups (broad SMARTS) is 1. The van der Waals surface area contributed by atoms with Crippen LogP contribution in [0.4, 0.5) is 5.69 Å². The molecule has 1 aromatic rings. The third-order valence-corrected chi connectivity index (χ3v) is 3.36. The minimum Gasteiger partial charge on any atom is -0.495 e. The number of nitrogens with zero attached hydrogens (tertiary/aromatic N) is 1. The van der Waals surface area contributed by atoms with Crippen LogP contribution in [0.1, 0.15) is 18.4 Å². The number of carbonyl (C=O) groups is 1. The molecule has 0 aliphatic carbocycles. The maximum atomic E-state index is 10.8. The Labute approximate surface area is 101 Å². The minimum absolute atomic E-state index is 0.0521. The summed E-state index contributed by atoms with van der Waals surface area (Å²) in [4.78, 5) is 12.9. The minimum atomic E-state index is -0.750. The van der Waals surface area contributed by atoms with Gasteiger partial charge in [-0.15, -0.1) is 0 Å². The molecule has 0 bridgehead atoms. The Morgan fingerprint density at radius 1 is 1.59 bits per heavy atom. The van der Waals surface area contributed by atoms with Gasteiger partial charge in [-0.25, -0.2) is 0 Å². The van der Waals surface area contributed by atoms with Gasteiger partial charge in [0.1, 0.15) is 5.75 Å². The van der Waals surface area contributed by atoms with Crippen molar-refractivity contribution in [3.8, 4) is 5.75 Å². The van der Waals surface area contributed by atoms with E-state index in [2.05, 4.69) is 6.07 Å². The number of carboxylic acids is 1. The Hall–Kier alpha value is -1.71. The van der Waals surface area contributed by atoms with Gasteiger partial charge in [0.05, 0.1) is 19.2 Å². The second-order valence-corrected chi connectivity index (χ2v) is 4.37. The van der Waals surface area contributed by atoms with Crippen LogP contribution >= 0.6 is 0 Å². The van der Waals surface area contributed by atoms with Crippen LogP contribution in [0.2, 0.25) is 0 Å². The zero-order valence-corrected chi connectivity index (χ0v) is 10.1. The summed E-state index contributed by atoms with van der Waals surface area (Å²) >= 11 is 0. The highest BCUT2D eigenvalue weighted by molar-refractivity contribution is 5.71. The summed E-state index contributed by atoms with van der Waals surface area (Å²) in [5.74, 6) is 0.0697. The molecular weight excluding hydrogens is 218 g/mol. The fourth-order valence-electron chi connectivity index (χ4n) is 2.47. The van der Waals surface area contributed by atoms with Crippen molar-refractivity contribution in [1.29, 1.82) is 0 Å². The van der Waals surface area contributed by atoms with Crippen molar-refractivity contribution < 1.29 is 14.6 Å². The molecule has 0 radical (unpaired) electrons. The molecule has 4 heteroatoms. The van der Waals surface area contributed by atoms with Crippen LogP contribution in [0.3, 0.4) is 0 Å². The van der Waals surface area contributed by atoms with Gasteiger partial charge in [0.2, 0.25) is 0 Å². The van der Waals surface area contributed by atoms with Crippen LogP contribution in [0, 0.1) is 0 Å². The first-order chi connectivity index (χ1) is 8.13. The number of fused-ring (bicyclic) bond motifs is 1. The standard InChI is InChI=1S/C13H17NO3/c1-14-10(8-12(15)16)7-6-9-4-3-5-11(17-2)13(9)14/h3-5,10H,6-8H2,1-2H3,(H,15,16). The number of aliphatic carboxylic acids is 1. The molecule has 2 rings (SSSR count). The SMILES string of the molecule is COc1cccc2c1N(C)C(CC(=O)O)CC2. The van der Waals surface area contributed by atoms with Crippen LogP contribution in [-0.4, -0.2) is 31.3 Å². The number of hydrogen-bond acceptors (Lipinski definition) is 3. The van der Waals surface area contributed by atoms with E-state index in [1.54, 1.807) is 7.11 Å². The highest BCUT2D eigenvalue weighted by atomic mass is 16.5. The van der Waals surface area contributed by atoms with Crippen molar-refractivity contribution in [3.05, 3.63) is 23.8 Å². The van der Waals surface area contributed by atoms with Crippen molar-refractivity contribution in [2.24, 2.45) is 0 Å².